The predicted molar refractivity (Wildman–Crippen MR) is 91.5 cm³/mol. The third-order valence-corrected chi connectivity index (χ3v) is 4.58. The number of aromatic nitrogens is 2. The first-order valence-electron chi connectivity index (χ1n) is 8.47. The number of halogens is 1. The third-order valence-electron chi connectivity index (χ3n) is 4.58. The van der Waals surface area contributed by atoms with E-state index in [1.165, 1.54) is 12.1 Å². The normalized spacial score (nSPS) is 18.5. The number of hydrogen-bond donors (Lipinski definition) is 2. The lowest BCUT2D eigenvalue weighted by molar-refractivity contribution is 0.0391. The van der Waals surface area contributed by atoms with Crippen LogP contribution in [0.3, 0.4) is 0 Å². The maximum absolute atomic E-state index is 13.1. The molecule has 2 aromatic rings. The molecule has 1 fully saturated rings. The molecule has 0 bridgehead atoms. The summed E-state index contributed by atoms with van der Waals surface area (Å²) in [5.74, 6) is -0.339. The Kier molecular flexibility index (Phi) is 5.45. The highest BCUT2D eigenvalue weighted by Crippen LogP contribution is 2.18. The van der Waals surface area contributed by atoms with Gasteiger partial charge < -0.3 is 10.0 Å². The van der Waals surface area contributed by atoms with E-state index in [1.807, 2.05) is 6.92 Å². The lowest BCUT2D eigenvalue weighted by atomic mass is 10.1. The monoisotopic (exact) mass is 346 g/mol. The van der Waals surface area contributed by atoms with Crippen LogP contribution in [0.2, 0.25) is 0 Å². The van der Waals surface area contributed by atoms with Crippen LogP contribution in [0.5, 0.6) is 0 Å². The van der Waals surface area contributed by atoms with Crippen LogP contribution >= 0.6 is 0 Å². The van der Waals surface area contributed by atoms with Crippen molar-refractivity contribution in [2.75, 3.05) is 26.2 Å². The molecule has 0 unspecified atom stereocenters. The van der Waals surface area contributed by atoms with Gasteiger partial charge in [0.2, 0.25) is 0 Å². The first-order valence-corrected chi connectivity index (χ1v) is 8.47. The summed E-state index contributed by atoms with van der Waals surface area (Å²) in [7, 11) is 0. The third kappa shape index (κ3) is 4.24. The van der Waals surface area contributed by atoms with Crippen LogP contribution in [-0.2, 0) is 6.54 Å². The van der Waals surface area contributed by atoms with Crippen molar-refractivity contribution < 1.29 is 14.3 Å². The largest absolute Gasteiger partial charge is 0.396 e. The number of aromatic amines is 1. The van der Waals surface area contributed by atoms with Gasteiger partial charge in [0.25, 0.3) is 5.91 Å². The topological polar surface area (TPSA) is 72.5 Å². The fourth-order valence-corrected chi connectivity index (χ4v) is 3.22. The second-order valence-corrected chi connectivity index (χ2v) is 6.45. The molecule has 7 heteroatoms. The number of nitrogens with one attached hydrogen (secondary N) is 1. The Balaban J connectivity index is 1.67. The minimum atomic E-state index is -0.250. The number of amides is 1. The Labute approximate surface area is 146 Å². The molecule has 2 heterocycles. The van der Waals surface area contributed by atoms with Crippen LogP contribution in [-0.4, -0.2) is 63.3 Å². The first-order chi connectivity index (χ1) is 12.1. The molecule has 0 saturated carbocycles. The summed E-state index contributed by atoms with van der Waals surface area (Å²) in [6.07, 6.45) is 0.588. The van der Waals surface area contributed by atoms with Crippen LogP contribution in [0.15, 0.2) is 30.3 Å². The molecule has 0 radical (unpaired) electrons. The van der Waals surface area contributed by atoms with E-state index in [1.54, 1.807) is 23.1 Å². The number of piperazine rings is 1. The average molecular weight is 346 g/mol. The lowest BCUT2D eigenvalue weighted by Crippen LogP contribution is -2.54. The highest BCUT2D eigenvalue weighted by atomic mass is 19.1. The molecule has 1 amide bonds. The number of rotatable bonds is 5. The molecular weight excluding hydrogens is 323 g/mol. The van der Waals surface area contributed by atoms with Gasteiger partial charge in [0.05, 0.1) is 0 Å². The van der Waals surface area contributed by atoms with Gasteiger partial charge in [-0.2, -0.15) is 5.10 Å². The van der Waals surface area contributed by atoms with E-state index in [4.69, 9.17) is 0 Å². The maximum atomic E-state index is 13.1. The van der Waals surface area contributed by atoms with Crippen molar-refractivity contribution in [3.63, 3.8) is 0 Å². The van der Waals surface area contributed by atoms with Gasteiger partial charge in [-0.3, -0.25) is 14.8 Å². The van der Waals surface area contributed by atoms with Gasteiger partial charge >= 0.3 is 0 Å². The number of aryl methyl sites for hydroxylation is 1. The number of carbonyl (C=O) groups is 1. The smallest absolute Gasteiger partial charge is 0.274 e. The van der Waals surface area contributed by atoms with Crippen molar-refractivity contribution in [2.45, 2.75) is 25.9 Å². The minimum absolute atomic E-state index is 0.0628. The quantitative estimate of drug-likeness (QED) is 0.862. The molecule has 25 heavy (non-hydrogen) atoms. The molecule has 0 aliphatic carbocycles. The molecule has 3 rings (SSSR count). The van der Waals surface area contributed by atoms with Crippen LogP contribution in [0.4, 0.5) is 4.39 Å². The van der Waals surface area contributed by atoms with Crippen molar-refractivity contribution in [3.8, 4) is 0 Å². The molecule has 1 saturated heterocycles. The van der Waals surface area contributed by atoms with Gasteiger partial charge in [-0.15, -0.1) is 0 Å². The summed E-state index contributed by atoms with van der Waals surface area (Å²) < 4.78 is 13.1. The van der Waals surface area contributed by atoms with Crippen molar-refractivity contribution in [1.82, 2.24) is 20.0 Å². The molecule has 0 spiro atoms. The van der Waals surface area contributed by atoms with Crippen molar-refractivity contribution in [3.05, 3.63) is 53.1 Å². The van der Waals surface area contributed by atoms with E-state index < -0.39 is 0 Å². The number of aliphatic hydroxyl groups is 1. The molecule has 2 N–H and O–H groups in total. The van der Waals surface area contributed by atoms with Gasteiger partial charge in [0.1, 0.15) is 11.5 Å². The number of benzene rings is 1. The summed E-state index contributed by atoms with van der Waals surface area (Å²) in [5.41, 5.74) is 2.30. The van der Waals surface area contributed by atoms with E-state index >= 15 is 0 Å². The highest BCUT2D eigenvalue weighted by molar-refractivity contribution is 5.92. The Morgan fingerprint density at radius 3 is 2.76 bits per heavy atom. The van der Waals surface area contributed by atoms with Gasteiger partial charge in [-0.05, 0) is 37.1 Å². The van der Waals surface area contributed by atoms with Gasteiger partial charge in [0.15, 0.2) is 0 Å². The lowest BCUT2D eigenvalue weighted by Gasteiger charge is -2.41. The first kappa shape index (κ1) is 17.6. The van der Waals surface area contributed by atoms with Crippen LogP contribution in [0.25, 0.3) is 0 Å². The Morgan fingerprint density at radius 2 is 2.12 bits per heavy atom. The molecule has 1 aromatic heterocycles. The number of aliphatic hydroxyl groups excluding tert-OH is 1. The number of hydrogen-bond acceptors (Lipinski definition) is 4. The number of carbonyl (C=O) groups excluding carboxylic acids is 1. The standard InChI is InChI=1S/C18H23FN4O2/c1-13-10-17(21-20-13)18(25)23-8-7-22(16(12-23)6-9-24)11-14-2-4-15(19)5-3-14/h2-5,10,16,24H,6-9,11-12H2,1H3,(H,20,21)/t16-/m1/s1. The maximum Gasteiger partial charge on any atom is 0.274 e. The second kappa shape index (κ2) is 7.76. The zero-order valence-electron chi connectivity index (χ0n) is 14.3. The summed E-state index contributed by atoms with van der Waals surface area (Å²) in [4.78, 5) is 16.6. The minimum Gasteiger partial charge on any atom is -0.396 e. The molecule has 134 valence electrons. The summed E-state index contributed by atoms with van der Waals surface area (Å²) in [5, 5.41) is 16.2. The van der Waals surface area contributed by atoms with Gasteiger partial charge in [-0.1, -0.05) is 12.1 Å². The average Bonchev–Trinajstić information content (AvgIpc) is 3.04. The summed E-state index contributed by atoms with van der Waals surface area (Å²) >= 11 is 0. The van der Waals surface area contributed by atoms with E-state index in [2.05, 4.69) is 15.1 Å². The van der Waals surface area contributed by atoms with Gasteiger partial charge in [0, 0.05) is 44.5 Å². The van der Waals surface area contributed by atoms with E-state index in [9.17, 15) is 14.3 Å². The second-order valence-electron chi connectivity index (χ2n) is 6.45. The van der Waals surface area contributed by atoms with Gasteiger partial charge in [-0.25, -0.2) is 4.39 Å². The van der Waals surface area contributed by atoms with Crippen LogP contribution in [0, 0.1) is 12.7 Å². The van der Waals surface area contributed by atoms with Crippen molar-refractivity contribution >= 4 is 5.91 Å². The summed E-state index contributed by atoms with van der Waals surface area (Å²) in [6, 6.07) is 8.26. The zero-order valence-corrected chi connectivity index (χ0v) is 14.3. The fourth-order valence-electron chi connectivity index (χ4n) is 3.22. The Bertz CT molecular complexity index is 716. The van der Waals surface area contributed by atoms with E-state index in [0.29, 0.717) is 38.3 Å². The SMILES string of the molecule is Cc1cc(C(=O)N2CCN(Cc3ccc(F)cc3)[C@H](CCO)C2)n[nH]1. The molecule has 6 nitrogen and oxygen atoms in total. The molecular formula is C18H23FN4O2. The fraction of sp³-hybridized carbons (Fsp3) is 0.444. The predicted octanol–water partition coefficient (Wildman–Crippen LogP) is 1.57. The van der Waals surface area contributed by atoms with Crippen molar-refractivity contribution in [2.24, 2.45) is 0 Å². The van der Waals surface area contributed by atoms with Crippen molar-refractivity contribution in [1.29, 1.82) is 0 Å². The molecule has 1 atom stereocenters. The molecule has 1 aliphatic heterocycles. The summed E-state index contributed by atoms with van der Waals surface area (Å²) in [6.45, 7) is 4.46. The molecule has 1 aromatic carbocycles. The number of nitrogens with zero attached hydrogens (tertiary/aromatic N) is 3. The highest BCUT2D eigenvalue weighted by Gasteiger charge is 2.30. The van der Waals surface area contributed by atoms with E-state index in [0.717, 1.165) is 11.3 Å². The Hall–Kier alpha value is -2.25. The van der Waals surface area contributed by atoms with E-state index in [-0.39, 0.29) is 24.4 Å². The number of H-pyrrole nitrogens is 1. The van der Waals surface area contributed by atoms with Crippen LogP contribution < -0.4 is 0 Å². The zero-order chi connectivity index (χ0) is 17.8. The Morgan fingerprint density at radius 1 is 1.36 bits per heavy atom. The molecule has 1 aliphatic rings. The van der Waals surface area contributed by atoms with Crippen LogP contribution in [0.1, 0.15) is 28.2 Å².